The third-order valence-electron chi connectivity index (χ3n) is 5.16. The van der Waals surface area contributed by atoms with Crippen LogP contribution in [0.2, 0.25) is 0 Å². The fraction of sp³-hybridized carbons (Fsp3) is 0. The van der Waals surface area contributed by atoms with Gasteiger partial charge in [-0.2, -0.15) is 0 Å². The fourth-order valence-corrected chi connectivity index (χ4v) is 4.55. The molecule has 5 rings (SSSR count). The smallest absolute Gasteiger partial charge is 0.354 e. The van der Waals surface area contributed by atoms with Crippen LogP contribution in [-0.4, -0.2) is 9.67 Å². The number of aromatic nitrogens is 1. The van der Waals surface area contributed by atoms with E-state index in [9.17, 15) is 23.5 Å². The van der Waals surface area contributed by atoms with Crippen LogP contribution < -0.4 is 11.2 Å². The number of fused-ring (bicyclic) bond motifs is 1. The molecule has 0 aliphatic carbocycles. The lowest BCUT2D eigenvalue weighted by molar-refractivity contribution is 0.446. The Morgan fingerprint density at radius 3 is 2.24 bits per heavy atom. The van der Waals surface area contributed by atoms with Crippen molar-refractivity contribution in [2.45, 2.75) is 9.79 Å². The lowest BCUT2D eigenvalue weighted by Crippen LogP contribution is -2.22. The van der Waals surface area contributed by atoms with Crippen LogP contribution in [0, 0.1) is 11.6 Å². The maximum Gasteiger partial charge on any atom is 0.354 e. The molecule has 3 aromatic carbocycles. The molecule has 0 unspecified atom stereocenters. The van der Waals surface area contributed by atoms with E-state index in [0.29, 0.717) is 16.2 Å². The van der Waals surface area contributed by atoms with Gasteiger partial charge in [-0.25, -0.2) is 13.6 Å². The Morgan fingerprint density at radius 2 is 1.53 bits per heavy atom. The van der Waals surface area contributed by atoms with Gasteiger partial charge in [0.1, 0.15) is 27.5 Å². The number of rotatable bonds is 4. The van der Waals surface area contributed by atoms with E-state index in [1.54, 1.807) is 42.5 Å². The van der Waals surface area contributed by atoms with Gasteiger partial charge in [-0.15, -0.1) is 0 Å². The Morgan fingerprint density at radius 1 is 0.824 bits per heavy atom. The number of nitrogens with zero attached hydrogens (tertiary/aromatic N) is 1. The molecule has 34 heavy (non-hydrogen) atoms. The number of hydrogen-bond acceptors (Lipinski definition) is 5. The SMILES string of the molecule is O=c1oc2cc(-c3ccccc3)n(-c3cccc(F)c3)c(=O)c2c(O)c1Sc1cccc(F)c1. The Balaban J connectivity index is 1.82. The molecule has 1 N–H and O–H groups in total. The molecule has 0 fully saturated rings. The predicted octanol–water partition coefficient (Wildman–Crippen LogP) is 5.75. The molecule has 5 nitrogen and oxygen atoms in total. The zero-order valence-electron chi connectivity index (χ0n) is 17.4. The van der Waals surface area contributed by atoms with E-state index in [4.69, 9.17) is 4.42 Å². The fourth-order valence-electron chi connectivity index (χ4n) is 3.67. The highest BCUT2D eigenvalue weighted by atomic mass is 32.2. The van der Waals surface area contributed by atoms with Crippen molar-refractivity contribution in [3.05, 3.63) is 117 Å². The molecule has 0 spiro atoms. The first-order chi connectivity index (χ1) is 16.4. The molecule has 0 saturated heterocycles. The van der Waals surface area contributed by atoms with Gasteiger partial charge in [-0.05, 0) is 42.0 Å². The van der Waals surface area contributed by atoms with Crippen molar-refractivity contribution in [2.24, 2.45) is 0 Å². The van der Waals surface area contributed by atoms with Gasteiger partial charge >= 0.3 is 5.63 Å². The average molecular weight is 475 g/mol. The summed E-state index contributed by atoms with van der Waals surface area (Å²) >= 11 is 0.779. The van der Waals surface area contributed by atoms with E-state index < -0.39 is 28.6 Å². The monoisotopic (exact) mass is 475 g/mol. The van der Waals surface area contributed by atoms with Crippen molar-refractivity contribution in [2.75, 3.05) is 0 Å². The van der Waals surface area contributed by atoms with E-state index >= 15 is 0 Å². The summed E-state index contributed by atoms with van der Waals surface area (Å²) in [6, 6.07) is 21.2. The molecule has 2 aromatic heterocycles. The predicted molar refractivity (Wildman–Crippen MR) is 126 cm³/mol. The van der Waals surface area contributed by atoms with Crippen LogP contribution in [0.4, 0.5) is 8.78 Å². The summed E-state index contributed by atoms with van der Waals surface area (Å²) in [7, 11) is 0. The summed E-state index contributed by atoms with van der Waals surface area (Å²) in [6.45, 7) is 0. The second kappa shape index (κ2) is 8.64. The highest BCUT2D eigenvalue weighted by Gasteiger charge is 2.22. The number of pyridine rings is 1. The third kappa shape index (κ3) is 3.88. The zero-order chi connectivity index (χ0) is 23.8. The molecule has 0 bridgehead atoms. The molecule has 0 saturated carbocycles. The maximum atomic E-state index is 14.0. The minimum atomic E-state index is -0.874. The van der Waals surface area contributed by atoms with Gasteiger partial charge in [0.05, 0.1) is 11.4 Å². The first-order valence-electron chi connectivity index (χ1n) is 10.1. The van der Waals surface area contributed by atoms with Gasteiger partial charge in [-0.1, -0.05) is 54.2 Å². The number of benzene rings is 3. The number of aromatic hydroxyl groups is 1. The summed E-state index contributed by atoms with van der Waals surface area (Å²) in [5.41, 5.74) is -0.508. The van der Waals surface area contributed by atoms with Crippen LogP contribution in [0.25, 0.3) is 27.9 Å². The van der Waals surface area contributed by atoms with Gasteiger partial charge in [0.15, 0.2) is 5.75 Å². The molecule has 8 heteroatoms. The van der Waals surface area contributed by atoms with Crippen LogP contribution in [0.3, 0.4) is 0 Å². The van der Waals surface area contributed by atoms with E-state index in [2.05, 4.69) is 0 Å². The summed E-state index contributed by atoms with van der Waals surface area (Å²) < 4.78 is 34.3. The molecular weight excluding hydrogens is 460 g/mol. The molecule has 2 heterocycles. The lowest BCUT2D eigenvalue weighted by Gasteiger charge is -2.15. The second-order valence-corrected chi connectivity index (χ2v) is 8.47. The van der Waals surface area contributed by atoms with Gasteiger partial charge in [0.25, 0.3) is 5.56 Å². The largest absolute Gasteiger partial charge is 0.505 e. The topological polar surface area (TPSA) is 72.4 Å². The van der Waals surface area contributed by atoms with Crippen molar-refractivity contribution < 1.29 is 18.3 Å². The second-order valence-electron chi connectivity index (χ2n) is 7.38. The Labute approximate surface area is 195 Å². The summed E-state index contributed by atoms with van der Waals surface area (Å²) in [5.74, 6) is -1.65. The molecule has 0 radical (unpaired) electrons. The van der Waals surface area contributed by atoms with Crippen molar-refractivity contribution in [1.29, 1.82) is 0 Å². The minimum Gasteiger partial charge on any atom is -0.505 e. The lowest BCUT2D eigenvalue weighted by atomic mass is 10.1. The van der Waals surface area contributed by atoms with E-state index in [-0.39, 0.29) is 21.6 Å². The molecular formula is C26H15F2NO4S. The standard InChI is InChI=1S/C26H15F2NO4S/c27-16-8-4-10-18(12-16)29-20(15-6-2-1-3-7-15)14-21-22(25(29)31)23(30)24(26(32)33-21)34-19-11-5-9-17(28)13-19/h1-14,30H. The van der Waals surface area contributed by atoms with Crippen molar-refractivity contribution in [1.82, 2.24) is 4.57 Å². The molecule has 0 aliphatic heterocycles. The number of hydrogen-bond donors (Lipinski definition) is 1. The van der Waals surface area contributed by atoms with E-state index in [1.807, 2.05) is 0 Å². The van der Waals surface area contributed by atoms with Crippen molar-refractivity contribution >= 4 is 22.7 Å². The van der Waals surface area contributed by atoms with Gasteiger partial charge in [-0.3, -0.25) is 9.36 Å². The van der Waals surface area contributed by atoms with Crippen LogP contribution >= 0.6 is 11.8 Å². The summed E-state index contributed by atoms with van der Waals surface area (Å²) in [6.07, 6.45) is 0. The maximum absolute atomic E-state index is 14.0. The van der Waals surface area contributed by atoms with Gasteiger partial charge < -0.3 is 9.52 Å². The molecule has 0 amide bonds. The first-order valence-corrected chi connectivity index (χ1v) is 10.9. The zero-order valence-corrected chi connectivity index (χ0v) is 18.2. The molecule has 5 aromatic rings. The van der Waals surface area contributed by atoms with E-state index in [0.717, 1.165) is 11.8 Å². The average Bonchev–Trinajstić information content (AvgIpc) is 2.82. The minimum absolute atomic E-state index is 0.123. The quantitative estimate of drug-likeness (QED) is 0.359. The number of halogens is 2. The molecule has 0 aliphatic rings. The summed E-state index contributed by atoms with van der Waals surface area (Å²) in [4.78, 5) is 26.5. The summed E-state index contributed by atoms with van der Waals surface area (Å²) in [5, 5.41) is 10.7. The van der Waals surface area contributed by atoms with E-state index in [1.165, 1.54) is 47.0 Å². The van der Waals surface area contributed by atoms with Crippen molar-refractivity contribution in [3.63, 3.8) is 0 Å². The highest BCUT2D eigenvalue weighted by molar-refractivity contribution is 7.99. The normalized spacial score (nSPS) is 11.1. The Bertz CT molecular complexity index is 1660. The highest BCUT2D eigenvalue weighted by Crippen LogP contribution is 2.36. The Hall–Kier alpha value is -4.17. The Kier molecular flexibility index (Phi) is 5.51. The van der Waals surface area contributed by atoms with Crippen LogP contribution in [0.1, 0.15) is 0 Å². The van der Waals surface area contributed by atoms with Crippen LogP contribution in [0.15, 0.2) is 109 Å². The molecule has 168 valence electrons. The molecule has 0 atom stereocenters. The van der Waals surface area contributed by atoms with Crippen LogP contribution in [0.5, 0.6) is 5.75 Å². The first kappa shape index (κ1) is 21.7. The van der Waals surface area contributed by atoms with Crippen molar-refractivity contribution in [3.8, 4) is 22.7 Å². The van der Waals surface area contributed by atoms with Gasteiger partial charge in [0, 0.05) is 11.0 Å². The van der Waals surface area contributed by atoms with Crippen LogP contribution in [-0.2, 0) is 0 Å². The van der Waals surface area contributed by atoms with Gasteiger partial charge in [0.2, 0.25) is 0 Å². The third-order valence-corrected chi connectivity index (χ3v) is 6.22.